The first-order valence-corrected chi connectivity index (χ1v) is 10.4. The Balaban J connectivity index is 1.45. The normalized spacial score (nSPS) is 14.7. The van der Waals surface area contributed by atoms with Crippen LogP contribution in [0.3, 0.4) is 0 Å². The number of primary amides is 1. The van der Waals surface area contributed by atoms with Crippen LogP contribution < -0.4 is 21.1 Å². The van der Waals surface area contributed by atoms with Crippen LogP contribution in [-0.2, 0) is 11.3 Å². The van der Waals surface area contributed by atoms with Crippen LogP contribution in [0, 0.1) is 0 Å². The summed E-state index contributed by atoms with van der Waals surface area (Å²) in [5.74, 6) is 0.863. The SMILES string of the molecule is CN=C(NCc1ccc(C(=O)NCC(N)=O)cc1)N1CCC(Oc2ccccc2)CC1. The topological polar surface area (TPSA) is 109 Å². The molecule has 8 nitrogen and oxygen atoms in total. The van der Waals surface area contributed by atoms with E-state index in [4.69, 9.17) is 10.5 Å². The van der Waals surface area contributed by atoms with Crippen LogP contribution in [0.25, 0.3) is 0 Å². The van der Waals surface area contributed by atoms with Gasteiger partial charge in [-0.15, -0.1) is 0 Å². The van der Waals surface area contributed by atoms with Gasteiger partial charge >= 0.3 is 0 Å². The lowest BCUT2D eigenvalue weighted by atomic mass is 10.1. The molecule has 1 aliphatic heterocycles. The second-order valence-corrected chi connectivity index (χ2v) is 7.36. The van der Waals surface area contributed by atoms with Gasteiger partial charge in [0.15, 0.2) is 5.96 Å². The fourth-order valence-electron chi connectivity index (χ4n) is 3.43. The number of nitrogens with two attached hydrogens (primary N) is 1. The van der Waals surface area contributed by atoms with E-state index in [1.165, 1.54) is 0 Å². The predicted molar refractivity (Wildman–Crippen MR) is 120 cm³/mol. The van der Waals surface area contributed by atoms with Crippen molar-refractivity contribution in [2.75, 3.05) is 26.7 Å². The standard InChI is InChI=1S/C23H29N5O3/c1-25-23(28-13-11-20(12-14-28)31-19-5-3-2-4-6-19)27-15-17-7-9-18(10-8-17)22(30)26-16-21(24)29/h2-10,20H,11-16H2,1H3,(H2,24,29)(H,25,27)(H,26,30). The van der Waals surface area contributed by atoms with E-state index in [1.54, 1.807) is 19.2 Å². The van der Waals surface area contributed by atoms with Crippen LogP contribution >= 0.6 is 0 Å². The lowest BCUT2D eigenvalue weighted by Crippen LogP contribution is -2.47. The molecule has 2 aromatic rings. The quantitative estimate of drug-likeness (QED) is 0.462. The lowest BCUT2D eigenvalue weighted by molar-refractivity contribution is -0.117. The van der Waals surface area contributed by atoms with Crippen LogP contribution in [0.15, 0.2) is 59.6 Å². The number of likely N-dealkylation sites (tertiary alicyclic amines) is 1. The Morgan fingerprint density at radius 3 is 2.35 bits per heavy atom. The third-order valence-electron chi connectivity index (χ3n) is 5.09. The molecule has 0 aromatic heterocycles. The first kappa shape index (κ1) is 22.1. The van der Waals surface area contributed by atoms with Crippen molar-refractivity contribution >= 4 is 17.8 Å². The van der Waals surface area contributed by atoms with E-state index in [9.17, 15) is 9.59 Å². The zero-order valence-electron chi connectivity index (χ0n) is 17.7. The molecule has 0 radical (unpaired) electrons. The molecule has 1 saturated heterocycles. The fraction of sp³-hybridized carbons (Fsp3) is 0.348. The fourth-order valence-corrected chi connectivity index (χ4v) is 3.43. The number of hydrogen-bond acceptors (Lipinski definition) is 4. The molecule has 0 atom stereocenters. The Bertz CT molecular complexity index is 891. The van der Waals surface area contributed by atoms with E-state index in [2.05, 4.69) is 20.5 Å². The molecule has 31 heavy (non-hydrogen) atoms. The van der Waals surface area contributed by atoms with Crippen LogP contribution in [0.1, 0.15) is 28.8 Å². The van der Waals surface area contributed by atoms with Gasteiger partial charge in [0.2, 0.25) is 5.91 Å². The minimum Gasteiger partial charge on any atom is -0.490 e. The maximum atomic E-state index is 12.0. The first-order valence-electron chi connectivity index (χ1n) is 10.4. The zero-order chi connectivity index (χ0) is 22.1. The van der Waals surface area contributed by atoms with Gasteiger partial charge in [-0.05, 0) is 29.8 Å². The highest BCUT2D eigenvalue weighted by Gasteiger charge is 2.22. The molecule has 0 bridgehead atoms. The van der Waals surface area contributed by atoms with Crippen molar-refractivity contribution in [3.8, 4) is 5.75 Å². The minimum absolute atomic E-state index is 0.175. The monoisotopic (exact) mass is 423 g/mol. The Hall–Kier alpha value is -3.55. The largest absolute Gasteiger partial charge is 0.490 e. The maximum absolute atomic E-state index is 12.0. The van der Waals surface area contributed by atoms with Crippen LogP contribution in [-0.4, -0.2) is 55.5 Å². The van der Waals surface area contributed by atoms with Crippen LogP contribution in [0.2, 0.25) is 0 Å². The van der Waals surface area contributed by atoms with Crippen molar-refractivity contribution in [1.82, 2.24) is 15.5 Å². The Kier molecular flexibility index (Phi) is 7.86. The summed E-state index contributed by atoms with van der Waals surface area (Å²) in [5, 5.41) is 5.86. The molecule has 1 heterocycles. The number of carbonyl (C=O) groups excluding carboxylic acids is 2. The molecule has 1 aliphatic rings. The van der Waals surface area contributed by atoms with Gasteiger partial charge in [-0.2, -0.15) is 0 Å². The molecule has 0 saturated carbocycles. The highest BCUT2D eigenvalue weighted by Crippen LogP contribution is 2.18. The third-order valence-corrected chi connectivity index (χ3v) is 5.09. The Labute approximate surface area is 182 Å². The van der Waals surface area contributed by atoms with Crippen molar-refractivity contribution < 1.29 is 14.3 Å². The maximum Gasteiger partial charge on any atom is 0.251 e. The number of ether oxygens (including phenoxy) is 1. The number of amides is 2. The number of aliphatic imine (C=N–C) groups is 1. The number of nitrogens with one attached hydrogen (secondary N) is 2. The first-order chi connectivity index (χ1) is 15.0. The zero-order valence-corrected chi connectivity index (χ0v) is 17.7. The Morgan fingerprint density at radius 1 is 1.06 bits per heavy atom. The van der Waals surface area contributed by atoms with Crippen molar-refractivity contribution in [3.63, 3.8) is 0 Å². The van der Waals surface area contributed by atoms with E-state index < -0.39 is 5.91 Å². The third kappa shape index (κ3) is 6.74. The molecular formula is C23H29N5O3. The molecule has 0 unspecified atom stereocenters. The number of nitrogens with zero attached hydrogens (tertiary/aromatic N) is 2. The highest BCUT2D eigenvalue weighted by molar-refractivity contribution is 5.96. The number of para-hydroxylation sites is 1. The molecule has 0 aliphatic carbocycles. The van der Waals surface area contributed by atoms with E-state index in [-0.39, 0.29) is 18.6 Å². The molecule has 3 rings (SSSR count). The van der Waals surface area contributed by atoms with Crippen molar-refractivity contribution in [1.29, 1.82) is 0 Å². The average molecular weight is 424 g/mol. The summed E-state index contributed by atoms with van der Waals surface area (Å²) in [6.45, 7) is 2.16. The van der Waals surface area contributed by atoms with Gasteiger partial charge in [-0.1, -0.05) is 30.3 Å². The number of carbonyl (C=O) groups is 2. The van der Waals surface area contributed by atoms with E-state index in [1.807, 2.05) is 42.5 Å². The van der Waals surface area contributed by atoms with E-state index >= 15 is 0 Å². The van der Waals surface area contributed by atoms with E-state index in [0.717, 1.165) is 43.2 Å². The number of piperidine rings is 1. The molecule has 4 N–H and O–H groups in total. The van der Waals surface area contributed by atoms with Crippen molar-refractivity contribution in [2.45, 2.75) is 25.5 Å². The molecule has 164 valence electrons. The smallest absolute Gasteiger partial charge is 0.251 e. The predicted octanol–water partition coefficient (Wildman–Crippen LogP) is 1.52. The summed E-state index contributed by atoms with van der Waals surface area (Å²) >= 11 is 0. The number of benzene rings is 2. The number of rotatable bonds is 7. The summed E-state index contributed by atoms with van der Waals surface area (Å²) in [6, 6.07) is 17.1. The van der Waals surface area contributed by atoms with Gasteiger partial charge in [0, 0.05) is 45.1 Å². The lowest BCUT2D eigenvalue weighted by Gasteiger charge is -2.34. The van der Waals surface area contributed by atoms with Crippen LogP contribution in [0.4, 0.5) is 0 Å². The number of guanidine groups is 1. The summed E-state index contributed by atoms with van der Waals surface area (Å²) in [6.07, 6.45) is 2.08. The highest BCUT2D eigenvalue weighted by atomic mass is 16.5. The summed E-state index contributed by atoms with van der Waals surface area (Å²) in [7, 11) is 1.78. The molecular weight excluding hydrogens is 394 g/mol. The molecule has 1 fully saturated rings. The van der Waals surface area contributed by atoms with Gasteiger partial charge < -0.3 is 26.0 Å². The minimum atomic E-state index is -0.573. The van der Waals surface area contributed by atoms with Crippen LogP contribution in [0.5, 0.6) is 5.75 Å². The van der Waals surface area contributed by atoms with Crippen molar-refractivity contribution in [3.05, 3.63) is 65.7 Å². The summed E-state index contributed by atoms with van der Waals surface area (Å²) < 4.78 is 6.06. The Morgan fingerprint density at radius 2 is 1.74 bits per heavy atom. The molecule has 2 aromatic carbocycles. The second kappa shape index (κ2) is 11.0. The van der Waals surface area contributed by atoms with Gasteiger partial charge in [0.25, 0.3) is 5.91 Å². The van der Waals surface area contributed by atoms with Gasteiger partial charge in [-0.25, -0.2) is 0 Å². The summed E-state index contributed by atoms with van der Waals surface area (Å²) in [5.41, 5.74) is 6.55. The molecule has 0 spiro atoms. The second-order valence-electron chi connectivity index (χ2n) is 7.36. The van der Waals surface area contributed by atoms with E-state index in [0.29, 0.717) is 12.1 Å². The number of hydrogen-bond donors (Lipinski definition) is 3. The molecule has 2 amide bonds. The van der Waals surface area contributed by atoms with Gasteiger partial charge in [0.05, 0.1) is 6.54 Å². The summed E-state index contributed by atoms with van der Waals surface area (Å²) in [4.78, 5) is 29.4. The van der Waals surface area contributed by atoms with Gasteiger partial charge in [-0.3, -0.25) is 14.6 Å². The van der Waals surface area contributed by atoms with Crippen molar-refractivity contribution in [2.24, 2.45) is 10.7 Å². The molecule has 8 heteroatoms. The van der Waals surface area contributed by atoms with Gasteiger partial charge in [0.1, 0.15) is 11.9 Å². The average Bonchev–Trinajstić information content (AvgIpc) is 2.80.